The van der Waals surface area contributed by atoms with E-state index in [4.69, 9.17) is 9.90 Å². The zero-order valence-corrected chi connectivity index (χ0v) is 7.08. The highest BCUT2D eigenvalue weighted by molar-refractivity contribution is 5.85. The number of nitro groups is 1. The standard InChI is InChI=1S/C6H5NO2.C3H2O2/c8-7(9)6-4-2-1-3-5-6;1-2-3(4)5/h1-5H;1H,(H,4,5). The van der Waals surface area contributed by atoms with Crippen LogP contribution in [0.1, 0.15) is 0 Å². The molecule has 0 aliphatic heterocycles. The van der Waals surface area contributed by atoms with E-state index in [1.54, 1.807) is 18.2 Å². The van der Waals surface area contributed by atoms with Gasteiger partial charge in [0.05, 0.1) is 4.92 Å². The fraction of sp³-hybridized carbons (Fsp3) is 0. The van der Waals surface area contributed by atoms with E-state index in [0.29, 0.717) is 0 Å². The first-order valence-electron chi connectivity index (χ1n) is 3.47. The van der Waals surface area contributed by atoms with Crippen LogP contribution in [0.3, 0.4) is 0 Å². The van der Waals surface area contributed by atoms with Crippen LogP contribution in [0, 0.1) is 22.5 Å². The minimum atomic E-state index is -1.22. The first-order valence-corrected chi connectivity index (χ1v) is 3.47. The summed E-state index contributed by atoms with van der Waals surface area (Å²) in [4.78, 5) is 18.7. The lowest BCUT2D eigenvalue weighted by Crippen LogP contribution is -1.84. The van der Waals surface area contributed by atoms with Crippen molar-refractivity contribution >= 4 is 11.7 Å². The van der Waals surface area contributed by atoms with Gasteiger partial charge in [-0.3, -0.25) is 10.1 Å². The van der Waals surface area contributed by atoms with Crippen molar-refractivity contribution in [2.75, 3.05) is 0 Å². The summed E-state index contributed by atoms with van der Waals surface area (Å²) >= 11 is 0. The Morgan fingerprint density at radius 2 is 1.86 bits per heavy atom. The van der Waals surface area contributed by atoms with Crippen molar-refractivity contribution in [3.63, 3.8) is 0 Å². The number of carboxylic acid groups (broad SMARTS) is 1. The van der Waals surface area contributed by atoms with Gasteiger partial charge in [0.1, 0.15) is 0 Å². The van der Waals surface area contributed by atoms with E-state index in [2.05, 4.69) is 6.42 Å². The molecule has 1 aromatic rings. The highest BCUT2D eigenvalue weighted by atomic mass is 16.6. The van der Waals surface area contributed by atoms with Gasteiger partial charge in [0.2, 0.25) is 0 Å². The number of hydrogen-bond acceptors (Lipinski definition) is 3. The predicted molar refractivity (Wildman–Crippen MR) is 49.6 cm³/mol. The van der Waals surface area contributed by atoms with Crippen LogP contribution in [-0.2, 0) is 4.79 Å². The van der Waals surface area contributed by atoms with Crippen LogP contribution in [0.5, 0.6) is 0 Å². The number of benzene rings is 1. The molecule has 0 unspecified atom stereocenters. The van der Waals surface area contributed by atoms with E-state index in [1.807, 2.05) is 0 Å². The molecule has 0 saturated carbocycles. The van der Waals surface area contributed by atoms with Crippen LogP contribution in [0.4, 0.5) is 5.69 Å². The molecule has 5 heteroatoms. The molecular formula is C9H7NO4. The molecule has 1 N–H and O–H groups in total. The SMILES string of the molecule is C#CC(=O)O.O=[N+]([O-])c1ccccc1. The molecule has 0 heterocycles. The summed E-state index contributed by atoms with van der Waals surface area (Å²) in [5, 5.41) is 17.5. The van der Waals surface area contributed by atoms with Crippen molar-refractivity contribution in [2.24, 2.45) is 0 Å². The summed E-state index contributed by atoms with van der Waals surface area (Å²) < 4.78 is 0. The molecule has 1 rings (SSSR count). The molecular weight excluding hydrogens is 186 g/mol. The molecule has 0 aliphatic rings. The van der Waals surface area contributed by atoms with Crippen molar-refractivity contribution in [3.05, 3.63) is 40.4 Å². The average molecular weight is 193 g/mol. The number of carboxylic acids is 1. The zero-order chi connectivity index (χ0) is 11.0. The largest absolute Gasteiger partial charge is 0.472 e. The Kier molecular flexibility index (Phi) is 5.16. The number of terminal acetylenes is 1. The highest BCUT2D eigenvalue weighted by Gasteiger charge is 1.98. The van der Waals surface area contributed by atoms with E-state index < -0.39 is 10.9 Å². The van der Waals surface area contributed by atoms with E-state index in [1.165, 1.54) is 18.1 Å². The fourth-order valence-corrected chi connectivity index (χ4v) is 0.550. The van der Waals surface area contributed by atoms with Crippen LogP contribution in [0.2, 0.25) is 0 Å². The quantitative estimate of drug-likeness (QED) is 0.414. The molecule has 0 radical (unpaired) electrons. The number of para-hydroxylation sites is 1. The second-order valence-electron chi connectivity index (χ2n) is 2.04. The van der Waals surface area contributed by atoms with Crippen molar-refractivity contribution in [1.29, 1.82) is 0 Å². The third-order valence-electron chi connectivity index (χ3n) is 1.09. The van der Waals surface area contributed by atoms with Crippen LogP contribution in [-0.4, -0.2) is 16.0 Å². The Hall–Kier alpha value is -2.35. The third kappa shape index (κ3) is 5.32. The molecule has 5 nitrogen and oxygen atoms in total. The van der Waals surface area contributed by atoms with Gasteiger partial charge >= 0.3 is 5.97 Å². The van der Waals surface area contributed by atoms with Gasteiger partial charge in [-0.25, -0.2) is 4.79 Å². The molecule has 0 amide bonds. The first-order chi connectivity index (χ1) is 6.57. The van der Waals surface area contributed by atoms with Gasteiger partial charge in [-0.2, -0.15) is 0 Å². The number of nitro benzene ring substituents is 1. The van der Waals surface area contributed by atoms with Gasteiger partial charge in [-0.15, -0.1) is 6.42 Å². The number of hydrogen-bond donors (Lipinski definition) is 1. The summed E-state index contributed by atoms with van der Waals surface area (Å²) in [5.74, 6) is 0.227. The molecule has 0 atom stereocenters. The van der Waals surface area contributed by atoms with Crippen LogP contribution in [0.15, 0.2) is 30.3 Å². The van der Waals surface area contributed by atoms with Crippen molar-refractivity contribution in [2.45, 2.75) is 0 Å². The molecule has 72 valence electrons. The molecule has 14 heavy (non-hydrogen) atoms. The van der Waals surface area contributed by atoms with Gasteiger partial charge in [-0.05, 0) is 0 Å². The van der Waals surface area contributed by atoms with Gasteiger partial charge in [-0.1, -0.05) is 18.2 Å². The number of carbonyl (C=O) groups is 1. The Morgan fingerprint density at radius 1 is 1.43 bits per heavy atom. The van der Waals surface area contributed by atoms with Crippen LogP contribution < -0.4 is 0 Å². The Bertz CT molecular complexity index is 353. The summed E-state index contributed by atoms with van der Waals surface area (Å²) in [5.41, 5.74) is 0.137. The van der Waals surface area contributed by atoms with Crippen LogP contribution >= 0.6 is 0 Å². The molecule has 0 fully saturated rings. The Balaban J connectivity index is 0.000000292. The van der Waals surface area contributed by atoms with Crippen LogP contribution in [0.25, 0.3) is 0 Å². The lowest BCUT2D eigenvalue weighted by Gasteiger charge is -1.85. The number of rotatable bonds is 1. The monoisotopic (exact) mass is 193 g/mol. The van der Waals surface area contributed by atoms with Gasteiger partial charge in [0.15, 0.2) is 0 Å². The summed E-state index contributed by atoms with van der Waals surface area (Å²) in [6.07, 6.45) is 4.32. The average Bonchev–Trinajstić information content (AvgIpc) is 2.20. The topological polar surface area (TPSA) is 80.4 Å². The maximum Gasteiger partial charge on any atom is 0.381 e. The number of aliphatic carboxylic acids is 1. The smallest absolute Gasteiger partial charge is 0.381 e. The van der Waals surface area contributed by atoms with Crippen molar-refractivity contribution < 1.29 is 14.8 Å². The normalized spacial score (nSPS) is 7.64. The van der Waals surface area contributed by atoms with Crippen molar-refractivity contribution in [3.8, 4) is 12.3 Å². The number of non-ortho nitro benzene ring substituents is 1. The van der Waals surface area contributed by atoms with Gasteiger partial charge in [0.25, 0.3) is 5.69 Å². The molecule has 0 aromatic heterocycles. The second-order valence-corrected chi connectivity index (χ2v) is 2.04. The Morgan fingerprint density at radius 3 is 2.07 bits per heavy atom. The predicted octanol–water partition coefficient (Wildman–Crippen LogP) is 1.30. The minimum absolute atomic E-state index is 0.137. The second kappa shape index (κ2) is 6.20. The van der Waals surface area contributed by atoms with E-state index in [9.17, 15) is 10.1 Å². The number of nitrogens with zero attached hydrogens (tertiary/aromatic N) is 1. The maximum atomic E-state index is 10.0. The van der Waals surface area contributed by atoms with Crippen molar-refractivity contribution in [1.82, 2.24) is 0 Å². The lowest BCUT2D eigenvalue weighted by atomic mass is 10.3. The summed E-state index contributed by atoms with van der Waals surface area (Å²) in [7, 11) is 0. The maximum absolute atomic E-state index is 10.0. The molecule has 0 saturated heterocycles. The van der Waals surface area contributed by atoms with E-state index in [0.717, 1.165) is 0 Å². The van der Waals surface area contributed by atoms with E-state index >= 15 is 0 Å². The lowest BCUT2D eigenvalue weighted by molar-refractivity contribution is -0.384. The summed E-state index contributed by atoms with van der Waals surface area (Å²) in [6, 6.07) is 7.93. The fourth-order valence-electron chi connectivity index (χ4n) is 0.550. The highest BCUT2D eigenvalue weighted by Crippen LogP contribution is 2.06. The third-order valence-corrected chi connectivity index (χ3v) is 1.09. The molecule has 0 aliphatic carbocycles. The molecule has 0 bridgehead atoms. The van der Waals surface area contributed by atoms with Gasteiger partial charge in [0, 0.05) is 18.1 Å². The summed E-state index contributed by atoms with van der Waals surface area (Å²) in [6.45, 7) is 0. The zero-order valence-electron chi connectivity index (χ0n) is 7.08. The first kappa shape index (κ1) is 11.6. The van der Waals surface area contributed by atoms with E-state index in [-0.39, 0.29) is 5.69 Å². The molecule has 1 aromatic carbocycles. The minimum Gasteiger partial charge on any atom is -0.472 e. The van der Waals surface area contributed by atoms with Gasteiger partial charge < -0.3 is 5.11 Å². The molecule has 0 spiro atoms. The Labute approximate surface area is 80.1 Å².